The van der Waals surface area contributed by atoms with E-state index < -0.39 is 23.5 Å². The molecule has 0 fully saturated rings. The summed E-state index contributed by atoms with van der Waals surface area (Å²) in [7, 11) is 0. The number of benzene rings is 2. The van der Waals surface area contributed by atoms with E-state index in [4.69, 9.17) is 14.2 Å². The molecule has 2 aromatic rings. The Bertz CT molecular complexity index is 1220. The fourth-order valence-electron chi connectivity index (χ4n) is 3.83. The molecule has 3 rings (SSSR count). The minimum Gasteiger partial charge on any atom is -0.507 e. The van der Waals surface area contributed by atoms with Gasteiger partial charge in [0.15, 0.2) is 11.6 Å². The Balaban J connectivity index is 1.79. The standard InChI is InChI=1S/C28H29NO8/c1-3-22(31)36-15-8-7-13-29-26-21(35-14-9-10-16-37-23(32)4-2)17-20(30)24-25(26)28(34)19-12-6-5-11-18(19)27(24)33/h3-6,11-12,17,29-30H,1-2,7-10,13-16H2. The maximum absolute atomic E-state index is 13.4. The molecule has 0 amide bonds. The Hall–Kier alpha value is -4.40. The van der Waals surface area contributed by atoms with Crippen molar-refractivity contribution in [3.05, 3.63) is 77.9 Å². The molecule has 0 aliphatic heterocycles. The molecule has 0 spiro atoms. The summed E-state index contributed by atoms with van der Waals surface area (Å²) in [5.41, 5.74) is 0.765. The van der Waals surface area contributed by atoms with Gasteiger partial charge in [0.25, 0.3) is 0 Å². The van der Waals surface area contributed by atoms with E-state index in [1.807, 2.05) is 0 Å². The summed E-state index contributed by atoms with van der Waals surface area (Å²) in [6.07, 6.45) is 4.40. The van der Waals surface area contributed by atoms with Crippen molar-refractivity contribution in [2.45, 2.75) is 25.7 Å². The second-order valence-corrected chi connectivity index (χ2v) is 8.16. The number of hydrogen-bond acceptors (Lipinski definition) is 9. The van der Waals surface area contributed by atoms with Gasteiger partial charge < -0.3 is 24.6 Å². The first-order valence-electron chi connectivity index (χ1n) is 11.9. The number of ketones is 2. The van der Waals surface area contributed by atoms with E-state index in [1.165, 1.54) is 6.07 Å². The number of ether oxygens (including phenoxy) is 3. The molecular weight excluding hydrogens is 478 g/mol. The molecule has 0 saturated heterocycles. The molecule has 37 heavy (non-hydrogen) atoms. The van der Waals surface area contributed by atoms with Crippen LogP contribution in [0, 0.1) is 0 Å². The largest absolute Gasteiger partial charge is 0.507 e. The summed E-state index contributed by atoms with van der Waals surface area (Å²) < 4.78 is 15.8. The molecule has 0 saturated carbocycles. The summed E-state index contributed by atoms with van der Waals surface area (Å²) in [5.74, 6) is -1.98. The molecule has 2 N–H and O–H groups in total. The summed E-state index contributed by atoms with van der Waals surface area (Å²) >= 11 is 0. The van der Waals surface area contributed by atoms with E-state index in [1.54, 1.807) is 24.3 Å². The number of rotatable bonds is 14. The fraction of sp³-hybridized carbons (Fsp3) is 0.286. The Kier molecular flexibility index (Phi) is 9.60. The van der Waals surface area contributed by atoms with Gasteiger partial charge in [-0.1, -0.05) is 37.4 Å². The average Bonchev–Trinajstić information content (AvgIpc) is 2.91. The van der Waals surface area contributed by atoms with Crippen molar-refractivity contribution >= 4 is 29.2 Å². The molecule has 2 aromatic carbocycles. The third-order valence-electron chi connectivity index (χ3n) is 5.63. The van der Waals surface area contributed by atoms with Gasteiger partial charge in [-0.15, -0.1) is 0 Å². The number of hydrogen-bond donors (Lipinski definition) is 2. The molecule has 0 atom stereocenters. The Morgan fingerprint density at radius 1 is 0.838 bits per heavy atom. The van der Waals surface area contributed by atoms with Gasteiger partial charge in [-0.25, -0.2) is 9.59 Å². The summed E-state index contributed by atoms with van der Waals surface area (Å²) in [6, 6.07) is 7.79. The maximum atomic E-state index is 13.4. The predicted octanol–water partition coefficient (Wildman–Crippen LogP) is 3.98. The SMILES string of the molecule is C=CC(=O)OCCCCNc1c(OCCCCOC(=O)C=C)cc(O)c2c1C(=O)c1ccccc1C2=O. The zero-order valence-electron chi connectivity index (χ0n) is 20.4. The molecule has 0 aromatic heterocycles. The van der Waals surface area contributed by atoms with Crippen LogP contribution in [0.3, 0.4) is 0 Å². The van der Waals surface area contributed by atoms with Crippen molar-refractivity contribution in [2.75, 3.05) is 31.7 Å². The van der Waals surface area contributed by atoms with Crippen LogP contribution in [0.2, 0.25) is 0 Å². The molecule has 194 valence electrons. The number of phenols is 1. The van der Waals surface area contributed by atoms with Crippen molar-refractivity contribution in [3.8, 4) is 11.5 Å². The average molecular weight is 508 g/mol. The van der Waals surface area contributed by atoms with E-state index in [0.717, 1.165) is 12.2 Å². The second kappa shape index (κ2) is 13.1. The highest BCUT2D eigenvalue weighted by atomic mass is 16.5. The lowest BCUT2D eigenvalue weighted by molar-refractivity contribution is -0.138. The molecule has 0 heterocycles. The smallest absolute Gasteiger partial charge is 0.330 e. The van der Waals surface area contributed by atoms with E-state index in [-0.39, 0.29) is 53.6 Å². The predicted molar refractivity (Wildman–Crippen MR) is 136 cm³/mol. The van der Waals surface area contributed by atoms with E-state index >= 15 is 0 Å². The molecule has 0 bridgehead atoms. The zero-order valence-corrected chi connectivity index (χ0v) is 20.4. The van der Waals surface area contributed by atoms with E-state index in [0.29, 0.717) is 37.9 Å². The first kappa shape index (κ1) is 27.2. The number of nitrogens with one attached hydrogen (secondary N) is 1. The van der Waals surface area contributed by atoms with Crippen LogP contribution >= 0.6 is 0 Å². The van der Waals surface area contributed by atoms with Crippen molar-refractivity contribution in [1.82, 2.24) is 0 Å². The maximum Gasteiger partial charge on any atom is 0.330 e. The number of esters is 2. The molecular formula is C28H29NO8. The van der Waals surface area contributed by atoms with Crippen LogP contribution in [0.25, 0.3) is 0 Å². The summed E-state index contributed by atoms with van der Waals surface area (Å²) in [6.45, 7) is 7.71. The minimum atomic E-state index is -0.505. The topological polar surface area (TPSA) is 128 Å². The highest BCUT2D eigenvalue weighted by Crippen LogP contribution is 2.42. The Morgan fingerprint density at radius 3 is 1.97 bits per heavy atom. The van der Waals surface area contributed by atoms with Gasteiger partial charge in [0.1, 0.15) is 11.5 Å². The van der Waals surface area contributed by atoms with Gasteiger partial charge in [-0.05, 0) is 25.7 Å². The first-order chi connectivity index (χ1) is 17.9. The first-order valence-corrected chi connectivity index (χ1v) is 11.9. The van der Waals surface area contributed by atoms with Crippen LogP contribution in [-0.4, -0.2) is 55.0 Å². The molecule has 0 unspecified atom stereocenters. The van der Waals surface area contributed by atoms with Gasteiger partial charge >= 0.3 is 11.9 Å². The van der Waals surface area contributed by atoms with E-state index in [9.17, 15) is 24.3 Å². The lowest BCUT2D eigenvalue weighted by Crippen LogP contribution is -2.23. The number of phenolic OH excluding ortho intramolecular Hbond substituents is 1. The van der Waals surface area contributed by atoms with Crippen molar-refractivity contribution in [3.63, 3.8) is 0 Å². The van der Waals surface area contributed by atoms with E-state index in [2.05, 4.69) is 18.5 Å². The molecule has 0 radical (unpaired) electrons. The van der Waals surface area contributed by atoms with Crippen molar-refractivity contribution < 1.29 is 38.5 Å². The Morgan fingerprint density at radius 2 is 1.38 bits per heavy atom. The van der Waals surface area contributed by atoms with Crippen molar-refractivity contribution in [1.29, 1.82) is 0 Å². The number of anilines is 1. The van der Waals surface area contributed by atoms with Crippen LogP contribution in [0.1, 0.15) is 57.5 Å². The Labute approximate surface area is 214 Å². The number of carbonyl (C=O) groups excluding carboxylic acids is 4. The van der Waals surface area contributed by atoms with Crippen molar-refractivity contribution in [2.24, 2.45) is 0 Å². The summed E-state index contributed by atoms with van der Waals surface area (Å²) in [4.78, 5) is 49.0. The van der Waals surface area contributed by atoms with Crippen LogP contribution < -0.4 is 10.1 Å². The normalized spacial score (nSPS) is 11.7. The second-order valence-electron chi connectivity index (χ2n) is 8.16. The fourth-order valence-corrected chi connectivity index (χ4v) is 3.83. The molecule has 1 aliphatic carbocycles. The lowest BCUT2D eigenvalue weighted by atomic mass is 9.82. The number of aromatic hydroxyl groups is 1. The van der Waals surface area contributed by atoms with Gasteiger partial charge in [-0.2, -0.15) is 0 Å². The third kappa shape index (κ3) is 6.63. The molecule has 9 nitrogen and oxygen atoms in total. The van der Waals surface area contributed by atoms with Crippen LogP contribution in [0.5, 0.6) is 11.5 Å². The number of unbranched alkanes of at least 4 members (excludes halogenated alkanes) is 2. The molecule has 9 heteroatoms. The van der Waals surface area contributed by atoms with Gasteiger partial charge in [0.05, 0.1) is 36.6 Å². The van der Waals surface area contributed by atoms with Gasteiger partial charge in [0.2, 0.25) is 0 Å². The highest BCUT2D eigenvalue weighted by Gasteiger charge is 2.35. The lowest BCUT2D eigenvalue weighted by Gasteiger charge is -2.24. The quantitative estimate of drug-likeness (QED) is 0.144. The number of carbonyl (C=O) groups is 4. The number of fused-ring (bicyclic) bond motifs is 2. The van der Waals surface area contributed by atoms with Crippen LogP contribution in [-0.2, 0) is 19.1 Å². The third-order valence-corrected chi connectivity index (χ3v) is 5.63. The molecule has 1 aliphatic rings. The highest BCUT2D eigenvalue weighted by molar-refractivity contribution is 6.31. The zero-order chi connectivity index (χ0) is 26.8. The van der Waals surface area contributed by atoms with Crippen LogP contribution in [0.4, 0.5) is 5.69 Å². The minimum absolute atomic E-state index is 0.0525. The van der Waals surface area contributed by atoms with Crippen LogP contribution in [0.15, 0.2) is 55.6 Å². The van der Waals surface area contributed by atoms with Gasteiger partial charge in [-0.3, -0.25) is 9.59 Å². The monoisotopic (exact) mass is 507 g/mol. The van der Waals surface area contributed by atoms with Gasteiger partial charge in [0, 0.05) is 35.9 Å². The summed E-state index contributed by atoms with van der Waals surface area (Å²) in [5, 5.41) is 13.9.